The van der Waals surface area contributed by atoms with Gasteiger partial charge in [-0.1, -0.05) is 0 Å². The molecule has 0 spiro atoms. The van der Waals surface area contributed by atoms with Crippen LogP contribution in [0.2, 0.25) is 0 Å². The molecule has 0 bridgehead atoms. The number of nitrogens with one attached hydrogen (secondary N) is 1. The van der Waals surface area contributed by atoms with Crippen LogP contribution in [0.1, 0.15) is 5.82 Å². The summed E-state index contributed by atoms with van der Waals surface area (Å²) in [5, 5.41) is 0. The van der Waals surface area contributed by atoms with Gasteiger partial charge in [0.2, 0.25) is 0 Å². The molecule has 0 saturated heterocycles. The topological polar surface area (TPSA) is 28.7 Å². The molecule has 1 aromatic carbocycles. The second kappa shape index (κ2) is 2.05. The molecule has 0 aliphatic rings. The number of aromatic amines is 1. The van der Waals surface area contributed by atoms with E-state index in [0.29, 0.717) is 5.52 Å². The summed E-state index contributed by atoms with van der Waals surface area (Å²) in [6.07, 6.45) is 0. The number of imidazole rings is 1. The maximum Gasteiger partial charge on any atom is 0.125 e. The van der Waals surface area contributed by atoms with Crippen molar-refractivity contribution < 1.29 is 4.39 Å². The van der Waals surface area contributed by atoms with Crippen LogP contribution in [0, 0.1) is 12.7 Å². The lowest BCUT2D eigenvalue weighted by molar-refractivity contribution is 0.629. The molecule has 1 N–H and O–H groups in total. The van der Waals surface area contributed by atoms with Gasteiger partial charge in [0.1, 0.15) is 11.6 Å². The maximum absolute atomic E-state index is 12.6. The van der Waals surface area contributed by atoms with E-state index in [9.17, 15) is 4.39 Å². The van der Waals surface area contributed by atoms with Gasteiger partial charge in [0, 0.05) is 6.07 Å². The van der Waals surface area contributed by atoms with Gasteiger partial charge < -0.3 is 4.98 Å². The third-order valence-electron chi connectivity index (χ3n) is 1.56. The van der Waals surface area contributed by atoms with Crippen molar-refractivity contribution in [2.45, 2.75) is 6.92 Å². The number of fused-ring (bicyclic) bond motifs is 1. The smallest absolute Gasteiger partial charge is 0.125 e. The van der Waals surface area contributed by atoms with Crippen molar-refractivity contribution in [1.82, 2.24) is 9.97 Å². The highest BCUT2D eigenvalue weighted by molar-refractivity contribution is 5.74. The van der Waals surface area contributed by atoms with Gasteiger partial charge in [-0.2, -0.15) is 0 Å². The summed E-state index contributed by atoms with van der Waals surface area (Å²) in [6, 6.07) is 4.52. The molecule has 0 amide bonds. The zero-order chi connectivity index (χ0) is 7.84. The monoisotopic (exact) mass is 150 g/mol. The number of hydrogen-bond acceptors (Lipinski definition) is 1. The molecule has 2 aromatic rings. The minimum atomic E-state index is -0.246. The molecule has 2 nitrogen and oxygen atoms in total. The molecule has 0 unspecified atom stereocenters. The molecule has 0 aliphatic carbocycles. The van der Waals surface area contributed by atoms with E-state index in [1.807, 2.05) is 6.92 Å². The van der Waals surface area contributed by atoms with Crippen LogP contribution < -0.4 is 0 Å². The number of aryl methyl sites for hydroxylation is 1. The third kappa shape index (κ3) is 0.981. The van der Waals surface area contributed by atoms with E-state index >= 15 is 0 Å². The lowest BCUT2D eigenvalue weighted by Crippen LogP contribution is -1.72. The SMILES string of the molecule is Cc1nc2cc(F)ccc2[nH]1. The fraction of sp³-hybridized carbons (Fsp3) is 0.125. The Kier molecular flexibility index (Phi) is 1.18. The fourth-order valence-corrected chi connectivity index (χ4v) is 1.11. The first-order valence-electron chi connectivity index (χ1n) is 3.37. The first-order chi connectivity index (χ1) is 5.25. The van der Waals surface area contributed by atoms with Crippen LogP contribution in [-0.2, 0) is 0 Å². The first-order valence-corrected chi connectivity index (χ1v) is 3.37. The number of aromatic nitrogens is 2. The van der Waals surface area contributed by atoms with Gasteiger partial charge in [0.15, 0.2) is 0 Å². The minimum absolute atomic E-state index is 0.246. The predicted octanol–water partition coefficient (Wildman–Crippen LogP) is 2.01. The van der Waals surface area contributed by atoms with Crippen molar-refractivity contribution in [1.29, 1.82) is 0 Å². The quantitative estimate of drug-likeness (QED) is 0.611. The Bertz CT molecular complexity index is 392. The van der Waals surface area contributed by atoms with E-state index < -0.39 is 0 Å². The van der Waals surface area contributed by atoms with E-state index in [1.54, 1.807) is 6.07 Å². The number of benzene rings is 1. The Labute approximate surface area is 63.1 Å². The largest absolute Gasteiger partial charge is 0.342 e. The Morgan fingerprint density at radius 3 is 3.09 bits per heavy atom. The average Bonchev–Trinajstić information content (AvgIpc) is 2.27. The van der Waals surface area contributed by atoms with E-state index in [1.165, 1.54) is 12.1 Å². The summed E-state index contributed by atoms with van der Waals surface area (Å²) in [7, 11) is 0. The maximum atomic E-state index is 12.6. The lowest BCUT2D eigenvalue weighted by atomic mass is 10.3. The van der Waals surface area contributed by atoms with Crippen LogP contribution >= 0.6 is 0 Å². The van der Waals surface area contributed by atoms with Crippen molar-refractivity contribution >= 4 is 11.0 Å². The molecule has 56 valence electrons. The predicted molar refractivity (Wildman–Crippen MR) is 40.8 cm³/mol. The van der Waals surface area contributed by atoms with Crippen molar-refractivity contribution in [3.63, 3.8) is 0 Å². The number of hydrogen-bond donors (Lipinski definition) is 1. The van der Waals surface area contributed by atoms with Crippen LogP contribution in [-0.4, -0.2) is 9.97 Å². The van der Waals surface area contributed by atoms with E-state index in [2.05, 4.69) is 9.97 Å². The van der Waals surface area contributed by atoms with Gasteiger partial charge >= 0.3 is 0 Å². The lowest BCUT2D eigenvalue weighted by Gasteiger charge is -1.85. The van der Waals surface area contributed by atoms with Gasteiger partial charge in [0.25, 0.3) is 0 Å². The summed E-state index contributed by atoms with van der Waals surface area (Å²) in [4.78, 5) is 7.09. The highest BCUT2D eigenvalue weighted by atomic mass is 19.1. The third-order valence-corrected chi connectivity index (χ3v) is 1.56. The number of halogens is 1. The van der Waals surface area contributed by atoms with Gasteiger partial charge in [-0.05, 0) is 19.1 Å². The molecule has 3 heteroatoms. The molecule has 0 radical (unpaired) electrons. The molecule has 0 aliphatic heterocycles. The Morgan fingerprint density at radius 2 is 2.27 bits per heavy atom. The highest BCUT2D eigenvalue weighted by Crippen LogP contribution is 2.11. The fourth-order valence-electron chi connectivity index (χ4n) is 1.11. The molecular weight excluding hydrogens is 143 g/mol. The Balaban J connectivity index is 2.82. The zero-order valence-electron chi connectivity index (χ0n) is 6.06. The van der Waals surface area contributed by atoms with Crippen molar-refractivity contribution in [3.8, 4) is 0 Å². The van der Waals surface area contributed by atoms with Crippen molar-refractivity contribution in [2.24, 2.45) is 0 Å². The number of nitrogens with zero attached hydrogens (tertiary/aromatic N) is 1. The standard InChI is InChI=1S/C8H7FN2/c1-5-10-7-3-2-6(9)4-8(7)11-5/h2-4H,1H3,(H,10,11). The van der Waals surface area contributed by atoms with Gasteiger partial charge in [-0.15, -0.1) is 0 Å². The normalized spacial score (nSPS) is 10.7. The summed E-state index contributed by atoms with van der Waals surface area (Å²) in [6.45, 7) is 1.85. The van der Waals surface area contributed by atoms with Crippen LogP contribution in [0.3, 0.4) is 0 Å². The second-order valence-corrected chi connectivity index (χ2v) is 2.48. The summed E-state index contributed by atoms with van der Waals surface area (Å²) in [5.41, 5.74) is 1.56. The average molecular weight is 150 g/mol. The zero-order valence-corrected chi connectivity index (χ0v) is 6.06. The van der Waals surface area contributed by atoms with Crippen LogP contribution in [0.5, 0.6) is 0 Å². The molecule has 11 heavy (non-hydrogen) atoms. The van der Waals surface area contributed by atoms with E-state index in [0.717, 1.165) is 11.3 Å². The molecule has 1 heterocycles. The summed E-state index contributed by atoms with van der Waals surface area (Å²) < 4.78 is 12.6. The molecule has 0 fully saturated rings. The van der Waals surface area contributed by atoms with Gasteiger partial charge in [0.05, 0.1) is 11.0 Å². The number of H-pyrrole nitrogens is 1. The molecule has 0 saturated carbocycles. The molecule has 0 atom stereocenters. The highest BCUT2D eigenvalue weighted by Gasteiger charge is 1.98. The molecule has 2 rings (SSSR count). The summed E-state index contributed by atoms with van der Waals surface area (Å²) >= 11 is 0. The van der Waals surface area contributed by atoms with Crippen molar-refractivity contribution in [3.05, 3.63) is 29.8 Å². The van der Waals surface area contributed by atoms with Gasteiger partial charge in [-0.25, -0.2) is 9.37 Å². The van der Waals surface area contributed by atoms with Crippen LogP contribution in [0.4, 0.5) is 4.39 Å². The summed E-state index contributed by atoms with van der Waals surface area (Å²) in [5.74, 6) is 0.564. The van der Waals surface area contributed by atoms with Crippen LogP contribution in [0.15, 0.2) is 18.2 Å². The minimum Gasteiger partial charge on any atom is -0.342 e. The second-order valence-electron chi connectivity index (χ2n) is 2.48. The van der Waals surface area contributed by atoms with Crippen LogP contribution in [0.25, 0.3) is 11.0 Å². The molecular formula is C8H7FN2. The Morgan fingerprint density at radius 1 is 1.45 bits per heavy atom. The molecule has 1 aromatic heterocycles. The Hall–Kier alpha value is -1.38. The van der Waals surface area contributed by atoms with Crippen molar-refractivity contribution in [2.75, 3.05) is 0 Å². The number of rotatable bonds is 0. The van der Waals surface area contributed by atoms with E-state index in [4.69, 9.17) is 0 Å². The van der Waals surface area contributed by atoms with Gasteiger partial charge in [-0.3, -0.25) is 0 Å². The van der Waals surface area contributed by atoms with E-state index in [-0.39, 0.29) is 5.82 Å². The first kappa shape index (κ1) is 6.34.